The topological polar surface area (TPSA) is 80.3 Å². The van der Waals surface area contributed by atoms with Crippen LogP contribution in [-0.4, -0.2) is 89.6 Å². The summed E-state index contributed by atoms with van der Waals surface area (Å²) < 4.78 is 20.6. The zero-order valence-electron chi connectivity index (χ0n) is 27.2. The molecule has 0 bridgehead atoms. The molecule has 0 radical (unpaired) electrons. The van der Waals surface area contributed by atoms with Crippen LogP contribution in [0.4, 0.5) is 4.79 Å². The summed E-state index contributed by atoms with van der Waals surface area (Å²) in [6.07, 6.45) is -0.360. The van der Waals surface area contributed by atoms with Crippen LogP contribution in [0.3, 0.4) is 0 Å². The quantitative estimate of drug-likeness (QED) is 0.335. The van der Waals surface area contributed by atoms with Crippen LogP contribution in [-0.2, 0) is 18.4 Å². The summed E-state index contributed by atoms with van der Waals surface area (Å²) in [6, 6.07) is -0.602. The lowest BCUT2D eigenvalue weighted by molar-refractivity contribution is -0.139. The first kappa shape index (κ1) is 32.7. The predicted molar refractivity (Wildman–Crippen MR) is 162 cm³/mol. The Morgan fingerprint density at radius 3 is 2.10 bits per heavy atom. The molecule has 0 saturated carbocycles. The maximum Gasteiger partial charge on any atom is 0.326 e. The van der Waals surface area contributed by atoms with E-state index in [1.54, 1.807) is 4.90 Å². The number of carbonyl (C=O) groups is 2. The van der Waals surface area contributed by atoms with E-state index >= 15 is 0 Å². The van der Waals surface area contributed by atoms with Crippen molar-refractivity contribution in [1.29, 1.82) is 0 Å². The Hall–Kier alpha value is -0.786. The first-order valence-electron chi connectivity index (χ1n) is 14.9. The Bertz CT molecular complexity index is 938. The van der Waals surface area contributed by atoms with Gasteiger partial charge in [-0.05, 0) is 62.1 Å². The molecule has 3 aliphatic heterocycles. The van der Waals surface area contributed by atoms with E-state index in [4.69, 9.17) is 13.6 Å². The molecule has 0 unspecified atom stereocenters. The number of hydrogen-bond acceptors (Lipinski definition) is 6. The summed E-state index contributed by atoms with van der Waals surface area (Å²) in [5, 5.41) is 2.76. The minimum absolute atomic E-state index is 0.0474. The number of rotatable bonds is 10. The number of carbonyl (C=O) groups excluding carboxylic acids is 2. The molecule has 3 rings (SSSR count). The van der Waals surface area contributed by atoms with Crippen LogP contribution in [0.15, 0.2) is 0 Å². The van der Waals surface area contributed by atoms with Crippen molar-refractivity contribution in [3.05, 3.63) is 0 Å². The molecule has 8 nitrogen and oxygen atoms in total. The lowest BCUT2D eigenvalue weighted by Gasteiger charge is -2.45. The summed E-state index contributed by atoms with van der Waals surface area (Å²) in [5.74, 6) is 0.770. The highest BCUT2D eigenvalue weighted by Gasteiger charge is 2.59. The van der Waals surface area contributed by atoms with Crippen LogP contribution in [0, 0.1) is 17.3 Å². The number of imide groups is 1. The molecule has 3 aliphatic rings. The lowest BCUT2D eigenvalue weighted by Crippen LogP contribution is -2.67. The molecule has 3 heterocycles. The van der Waals surface area contributed by atoms with Gasteiger partial charge < -0.3 is 18.5 Å². The van der Waals surface area contributed by atoms with E-state index in [1.807, 2.05) is 14.0 Å². The van der Waals surface area contributed by atoms with Crippen LogP contribution in [0.25, 0.3) is 0 Å². The highest BCUT2D eigenvalue weighted by atomic mass is 28.4. The number of urea groups is 1. The van der Waals surface area contributed by atoms with Gasteiger partial charge in [0.25, 0.3) is 0 Å². The van der Waals surface area contributed by atoms with Gasteiger partial charge in [0.15, 0.2) is 16.6 Å². The van der Waals surface area contributed by atoms with Crippen molar-refractivity contribution in [2.45, 2.75) is 129 Å². The van der Waals surface area contributed by atoms with E-state index in [0.29, 0.717) is 38.0 Å². The molecule has 10 heteroatoms. The van der Waals surface area contributed by atoms with Gasteiger partial charge in [-0.25, -0.2) is 4.79 Å². The fourth-order valence-electron chi connectivity index (χ4n) is 6.17. The van der Waals surface area contributed by atoms with Gasteiger partial charge >= 0.3 is 6.03 Å². The number of ether oxygens (including phenoxy) is 1. The van der Waals surface area contributed by atoms with Crippen molar-refractivity contribution in [3.63, 3.8) is 0 Å². The third-order valence-electron chi connectivity index (χ3n) is 11.7. The fraction of sp³-hybridized carbons (Fsp3) is 0.931. The van der Waals surface area contributed by atoms with Gasteiger partial charge in [-0.15, -0.1) is 0 Å². The summed E-state index contributed by atoms with van der Waals surface area (Å²) in [4.78, 5) is 30.1. The van der Waals surface area contributed by atoms with Crippen molar-refractivity contribution in [1.82, 2.24) is 15.1 Å². The number of nitrogens with one attached hydrogen (secondary N) is 1. The number of amides is 3. The number of likely N-dealkylation sites (tertiary alicyclic amines) is 1. The molecule has 39 heavy (non-hydrogen) atoms. The minimum atomic E-state index is -2.20. The summed E-state index contributed by atoms with van der Waals surface area (Å²) in [5.41, 5.74) is -0.666. The second kappa shape index (κ2) is 10.8. The number of nitrogens with zero attached hydrogens (tertiary/aromatic N) is 2. The molecule has 1 N–H and O–H groups in total. The van der Waals surface area contributed by atoms with Crippen LogP contribution in [0.1, 0.15) is 68.7 Å². The van der Waals surface area contributed by atoms with Crippen molar-refractivity contribution in [3.8, 4) is 0 Å². The molecule has 0 spiro atoms. The van der Waals surface area contributed by atoms with E-state index in [2.05, 4.69) is 91.8 Å². The largest absolute Gasteiger partial charge is 0.414 e. The molecular weight excluding hydrogens is 527 g/mol. The van der Waals surface area contributed by atoms with Gasteiger partial charge in [0.1, 0.15) is 12.3 Å². The van der Waals surface area contributed by atoms with Crippen molar-refractivity contribution in [2.24, 2.45) is 17.3 Å². The Morgan fingerprint density at radius 1 is 1.03 bits per heavy atom. The number of likely N-dealkylation sites (N-methyl/N-ethyl adjacent to an activating group) is 1. The van der Waals surface area contributed by atoms with Crippen LogP contribution >= 0.6 is 0 Å². The van der Waals surface area contributed by atoms with Gasteiger partial charge in [-0.2, -0.15) is 0 Å². The normalized spacial score (nSPS) is 31.4. The smallest absolute Gasteiger partial charge is 0.326 e. The fourth-order valence-corrected chi connectivity index (χ4v) is 11.2. The van der Waals surface area contributed by atoms with E-state index in [1.165, 1.54) is 0 Å². The monoisotopic (exact) mass is 583 g/mol. The molecule has 0 aliphatic carbocycles. The van der Waals surface area contributed by atoms with Gasteiger partial charge in [-0.3, -0.25) is 15.0 Å². The van der Waals surface area contributed by atoms with E-state index in [-0.39, 0.29) is 40.3 Å². The number of fused-ring (bicyclic) bond motifs is 1. The predicted octanol–water partition coefficient (Wildman–Crippen LogP) is 5.66. The van der Waals surface area contributed by atoms with Crippen LogP contribution < -0.4 is 5.32 Å². The molecule has 5 atom stereocenters. The summed E-state index contributed by atoms with van der Waals surface area (Å²) in [6.45, 7) is 31.1. The van der Waals surface area contributed by atoms with Crippen LogP contribution in [0.2, 0.25) is 36.3 Å². The van der Waals surface area contributed by atoms with Crippen molar-refractivity contribution in [2.75, 3.05) is 26.7 Å². The molecular formula is C29H57N3O5Si2. The molecule has 3 saturated heterocycles. The van der Waals surface area contributed by atoms with E-state index in [0.717, 1.165) is 0 Å². The molecule has 3 fully saturated rings. The maximum absolute atomic E-state index is 13.3. The first-order valence-corrected chi connectivity index (χ1v) is 20.7. The van der Waals surface area contributed by atoms with Gasteiger partial charge in [0.05, 0.1) is 24.2 Å². The SMILES string of the molecule is CC(C)C(C)(C)[Si](C)(C)OC[C@H]1O[C@@H](N2C(=O)NC(=O)[C@@]3(C)CN(C)C[C@@H]23)C[C@@H]1O[Si](C)(C)C(C)(C)C(C)C. The Labute approximate surface area is 240 Å². The Kier molecular flexibility index (Phi) is 9.06. The second-order valence-corrected chi connectivity index (χ2v) is 24.5. The average Bonchev–Trinajstić information content (AvgIpc) is 3.31. The average molecular weight is 584 g/mol. The first-order chi connectivity index (χ1) is 17.6. The van der Waals surface area contributed by atoms with Gasteiger partial charge in [0.2, 0.25) is 5.91 Å². The number of hydrogen-bond donors (Lipinski definition) is 1. The van der Waals surface area contributed by atoms with E-state index < -0.39 is 28.3 Å². The highest BCUT2D eigenvalue weighted by Crippen LogP contribution is 2.48. The van der Waals surface area contributed by atoms with Crippen molar-refractivity contribution >= 4 is 28.6 Å². The Balaban J connectivity index is 1.91. The zero-order valence-corrected chi connectivity index (χ0v) is 29.2. The molecule has 0 aromatic carbocycles. The maximum atomic E-state index is 13.3. The lowest BCUT2D eigenvalue weighted by atomic mass is 9.81. The van der Waals surface area contributed by atoms with Crippen LogP contribution in [0.5, 0.6) is 0 Å². The highest BCUT2D eigenvalue weighted by molar-refractivity contribution is 6.74. The molecule has 226 valence electrons. The zero-order chi connectivity index (χ0) is 29.9. The summed E-state index contributed by atoms with van der Waals surface area (Å²) >= 11 is 0. The Morgan fingerprint density at radius 2 is 1.56 bits per heavy atom. The second-order valence-electron chi connectivity index (χ2n) is 15.4. The van der Waals surface area contributed by atoms with Gasteiger partial charge in [-0.1, -0.05) is 55.4 Å². The molecule has 0 aromatic rings. The van der Waals surface area contributed by atoms with Crippen molar-refractivity contribution < 1.29 is 23.2 Å². The van der Waals surface area contributed by atoms with Gasteiger partial charge in [0, 0.05) is 19.5 Å². The van der Waals surface area contributed by atoms with E-state index in [9.17, 15) is 9.59 Å². The third-order valence-corrected chi connectivity index (χ3v) is 20.8. The molecule has 0 aromatic heterocycles. The standard InChI is InChI=1S/C29H57N3O5Si2/c1-19(2)27(5,6)38(11,12)35-17-22-21(37-39(13,14)28(7,8)20(3)4)15-24(36-22)32-23-16-31(10)18-29(23,9)25(33)30-26(32)34/h19-24H,15-18H2,1-14H3,(H,30,33,34)/t21-,22+,23+,24+,29-/m0/s1. The molecule has 3 amide bonds. The minimum Gasteiger partial charge on any atom is -0.414 e. The summed E-state index contributed by atoms with van der Waals surface area (Å²) in [7, 11) is -2.29. The third kappa shape index (κ3) is 5.80.